The number of carboxylic acids is 1. The average molecular weight is 351 g/mol. The molecule has 2 atom stereocenters. The van der Waals surface area contributed by atoms with Crippen molar-refractivity contribution in [3.63, 3.8) is 0 Å². The first kappa shape index (κ1) is 18.6. The summed E-state index contributed by atoms with van der Waals surface area (Å²) in [7, 11) is 1.63. The maximum Gasteiger partial charge on any atom is 0.308 e. The number of aliphatic carboxylic acids is 1. The SMILES string of the molecule is COc1ccc(SCCC(=O)N[C@H]2CCCCC[C@H]2C(=O)O)cc1. The van der Waals surface area contributed by atoms with Gasteiger partial charge in [-0.25, -0.2) is 0 Å². The summed E-state index contributed by atoms with van der Waals surface area (Å²) in [5, 5.41) is 12.3. The molecular formula is C18H25NO4S. The van der Waals surface area contributed by atoms with Gasteiger partial charge in [0.05, 0.1) is 13.0 Å². The van der Waals surface area contributed by atoms with Crippen molar-refractivity contribution in [2.45, 2.75) is 49.5 Å². The molecule has 1 aliphatic rings. The largest absolute Gasteiger partial charge is 0.497 e. The zero-order valence-electron chi connectivity index (χ0n) is 14.0. The lowest BCUT2D eigenvalue weighted by Crippen LogP contribution is -2.42. The molecule has 0 spiro atoms. The van der Waals surface area contributed by atoms with Crippen LogP contribution in [-0.2, 0) is 9.59 Å². The molecule has 6 heteroatoms. The minimum atomic E-state index is -0.796. The molecule has 5 nitrogen and oxygen atoms in total. The van der Waals surface area contributed by atoms with Crippen molar-refractivity contribution in [1.82, 2.24) is 5.32 Å². The molecule has 1 saturated carbocycles. The Morgan fingerprint density at radius 2 is 1.92 bits per heavy atom. The van der Waals surface area contributed by atoms with Gasteiger partial charge in [-0.3, -0.25) is 9.59 Å². The number of ether oxygens (including phenoxy) is 1. The van der Waals surface area contributed by atoms with Crippen LogP contribution in [0.2, 0.25) is 0 Å². The highest BCUT2D eigenvalue weighted by Gasteiger charge is 2.30. The molecule has 0 heterocycles. The average Bonchev–Trinajstić information content (AvgIpc) is 2.81. The van der Waals surface area contributed by atoms with Gasteiger partial charge in [0, 0.05) is 23.1 Å². The van der Waals surface area contributed by atoms with E-state index in [2.05, 4.69) is 5.32 Å². The monoisotopic (exact) mass is 351 g/mol. The number of rotatable bonds is 7. The second-order valence-electron chi connectivity index (χ2n) is 6.03. The Labute approximate surface area is 147 Å². The van der Waals surface area contributed by atoms with E-state index in [1.807, 2.05) is 24.3 Å². The minimum absolute atomic E-state index is 0.0610. The number of nitrogens with one attached hydrogen (secondary N) is 1. The fourth-order valence-corrected chi connectivity index (χ4v) is 3.84. The van der Waals surface area contributed by atoms with Gasteiger partial charge in [0.1, 0.15) is 5.75 Å². The molecular weight excluding hydrogens is 326 g/mol. The third-order valence-electron chi connectivity index (χ3n) is 4.34. The van der Waals surface area contributed by atoms with Gasteiger partial charge >= 0.3 is 5.97 Å². The zero-order valence-corrected chi connectivity index (χ0v) is 14.8. The molecule has 1 aliphatic carbocycles. The standard InChI is InChI=1S/C18H25NO4S/c1-23-13-7-9-14(10-8-13)24-12-11-17(20)19-16-6-4-2-3-5-15(16)18(21)22/h7-10,15-16H,2-6,11-12H2,1H3,(H,19,20)(H,21,22)/t15-,16+/m1/s1. The van der Waals surface area contributed by atoms with Crippen LogP contribution >= 0.6 is 11.8 Å². The lowest BCUT2D eigenvalue weighted by molar-refractivity contribution is -0.143. The fourth-order valence-electron chi connectivity index (χ4n) is 2.99. The summed E-state index contributed by atoms with van der Waals surface area (Å²) in [6.07, 6.45) is 4.75. The minimum Gasteiger partial charge on any atom is -0.497 e. The number of carbonyl (C=O) groups is 2. The summed E-state index contributed by atoms with van der Waals surface area (Å²) in [5.41, 5.74) is 0. The molecule has 24 heavy (non-hydrogen) atoms. The highest BCUT2D eigenvalue weighted by Crippen LogP contribution is 2.25. The van der Waals surface area contributed by atoms with Crippen LogP contribution < -0.4 is 10.1 Å². The number of hydrogen-bond donors (Lipinski definition) is 2. The Hall–Kier alpha value is -1.69. The van der Waals surface area contributed by atoms with E-state index >= 15 is 0 Å². The fraction of sp³-hybridized carbons (Fsp3) is 0.556. The molecule has 132 valence electrons. The number of carboxylic acid groups (broad SMARTS) is 1. The van der Waals surface area contributed by atoms with Gasteiger partial charge in [-0.05, 0) is 37.1 Å². The van der Waals surface area contributed by atoms with Crippen molar-refractivity contribution in [3.05, 3.63) is 24.3 Å². The molecule has 0 aliphatic heterocycles. The maximum atomic E-state index is 12.1. The van der Waals surface area contributed by atoms with E-state index in [0.29, 0.717) is 18.6 Å². The van der Waals surface area contributed by atoms with Gasteiger partial charge in [-0.2, -0.15) is 0 Å². The third-order valence-corrected chi connectivity index (χ3v) is 5.35. The number of hydrogen-bond acceptors (Lipinski definition) is 4. The molecule has 1 fully saturated rings. The predicted molar refractivity (Wildman–Crippen MR) is 94.5 cm³/mol. The summed E-state index contributed by atoms with van der Waals surface area (Å²) >= 11 is 1.61. The Bertz CT molecular complexity index is 546. The Kier molecular flexibility index (Phi) is 7.43. The maximum absolute atomic E-state index is 12.1. The van der Waals surface area contributed by atoms with Crippen LogP contribution in [0.1, 0.15) is 38.5 Å². The summed E-state index contributed by atoms with van der Waals surface area (Å²) in [6.45, 7) is 0. The van der Waals surface area contributed by atoms with Gasteiger partial charge in [-0.15, -0.1) is 11.8 Å². The van der Waals surface area contributed by atoms with Crippen LogP contribution in [0.15, 0.2) is 29.2 Å². The summed E-state index contributed by atoms with van der Waals surface area (Å²) < 4.78 is 5.11. The molecule has 0 saturated heterocycles. The lowest BCUT2D eigenvalue weighted by atomic mass is 9.95. The second-order valence-corrected chi connectivity index (χ2v) is 7.20. The third kappa shape index (κ3) is 5.74. The first-order chi connectivity index (χ1) is 11.6. The zero-order chi connectivity index (χ0) is 17.4. The van der Waals surface area contributed by atoms with E-state index in [0.717, 1.165) is 36.3 Å². The van der Waals surface area contributed by atoms with E-state index in [1.165, 1.54) is 0 Å². The van der Waals surface area contributed by atoms with Crippen LogP contribution in [0.4, 0.5) is 0 Å². The smallest absolute Gasteiger partial charge is 0.308 e. The first-order valence-electron chi connectivity index (χ1n) is 8.39. The van der Waals surface area contributed by atoms with Gasteiger partial charge in [0.25, 0.3) is 0 Å². The van der Waals surface area contributed by atoms with E-state index in [-0.39, 0.29) is 11.9 Å². The topological polar surface area (TPSA) is 75.6 Å². The Morgan fingerprint density at radius 3 is 2.58 bits per heavy atom. The van der Waals surface area contributed by atoms with Crippen molar-refractivity contribution in [2.75, 3.05) is 12.9 Å². The molecule has 0 radical (unpaired) electrons. The van der Waals surface area contributed by atoms with E-state index < -0.39 is 11.9 Å². The second kappa shape index (κ2) is 9.57. The van der Waals surface area contributed by atoms with Crippen molar-refractivity contribution in [2.24, 2.45) is 5.92 Å². The Balaban J connectivity index is 1.77. The van der Waals surface area contributed by atoms with Gasteiger partial charge in [0.2, 0.25) is 5.91 Å². The lowest BCUT2D eigenvalue weighted by Gasteiger charge is -2.22. The van der Waals surface area contributed by atoms with Crippen LogP contribution in [0.5, 0.6) is 5.75 Å². The van der Waals surface area contributed by atoms with Crippen LogP contribution in [-0.4, -0.2) is 35.9 Å². The number of carbonyl (C=O) groups excluding carboxylic acids is 1. The van der Waals surface area contributed by atoms with Crippen molar-refractivity contribution < 1.29 is 19.4 Å². The van der Waals surface area contributed by atoms with Crippen LogP contribution in [0, 0.1) is 5.92 Å². The summed E-state index contributed by atoms with van der Waals surface area (Å²) in [6, 6.07) is 7.49. The van der Waals surface area contributed by atoms with Crippen molar-refractivity contribution in [1.29, 1.82) is 0 Å². The molecule has 0 unspecified atom stereocenters. The van der Waals surface area contributed by atoms with E-state index in [1.54, 1.807) is 18.9 Å². The molecule has 1 amide bonds. The van der Waals surface area contributed by atoms with E-state index in [4.69, 9.17) is 4.74 Å². The highest BCUT2D eigenvalue weighted by atomic mass is 32.2. The number of thioether (sulfide) groups is 1. The molecule has 1 aromatic carbocycles. The first-order valence-corrected chi connectivity index (χ1v) is 9.37. The molecule has 1 aromatic rings. The van der Waals surface area contributed by atoms with E-state index in [9.17, 15) is 14.7 Å². The molecule has 0 aromatic heterocycles. The predicted octanol–water partition coefficient (Wildman–Crippen LogP) is 3.33. The molecule has 2 rings (SSSR count). The number of methoxy groups -OCH3 is 1. The normalized spacial score (nSPS) is 20.9. The van der Waals surface area contributed by atoms with Crippen molar-refractivity contribution >= 4 is 23.6 Å². The molecule has 0 bridgehead atoms. The quantitative estimate of drug-likeness (QED) is 0.582. The van der Waals surface area contributed by atoms with Gasteiger partial charge < -0.3 is 15.2 Å². The Morgan fingerprint density at radius 1 is 1.21 bits per heavy atom. The number of amides is 1. The summed E-state index contributed by atoms with van der Waals surface area (Å²) in [5.74, 6) is 0.169. The molecule has 2 N–H and O–H groups in total. The van der Waals surface area contributed by atoms with Gasteiger partial charge in [0.15, 0.2) is 0 Å². The number of benzene rings is 1. The van der Waals surface area contributed by atoms with Crippen LogP contribution in [0.25, 0.3) is 0 Å². The summed E-state index contributed by atoms with van der Waals surface area (Å²) in [4.78, 5) is 24.6. The van der Waals surface area contributed by atoms with Crippen LogP contribution in [0.3, 0.4) is 0 Å². The highest BCUT2D eigenvalue weighted by molar-refractivity contribution is 7.99. The van der Waals surface area contributed by atoms with Gasteiger partial charge in [-0.1, -0.05) is 19.3 Å². The van der Waals surface area contributed by atoms with Crippen molar-refractivity contribution in [3.8, 4) is 5.75 Å².